The van der Waals surface area contributed by atoms with Crippen LogP contribution in [0, 0.1) is 0 Å². The van der Waals surface area contributed by atoms with E-state index in [0.717, 1.165) is 24.3 Å². The van der Waals surface area contributed by atoms with Gasteiger partial charge in [-0.2, -0.15) is 13.2 Å². The van der Waals surface area contributed by atoms with Crippen LogP contribution in [0.4, 0.5) is 13.2 Å². The van der Waals surface area contributed by atoms with Gasteiger partial charge in [-0.25, -0.2) is 0 Å². The van der Waals surface area contributed by atoms with Gasteiger partial charge in [-0.1, -0.05) is 0 Å². The van der Waals surface area contributed by atoms with E-state index in [9.17, 15) is 17.7 Å². The Bertz CT molecular complexity index is 294. The Hall–Kier alpha value is -1.09. The smallest absolute Gasteiger partial charge is 0.256 e. The lowest BCUT2D eigenvalue weighted by Crippen LogP contribution is -2.03. The maximum atomic E-state index is 12.0. The second kappa shape index (κ2) is 3.75. The van der Waals surface area contributed by atoms with E-state index in [1.807, 2.05) is 0 Å². The second-order valence-electron chi connectivity index (χ2n) is 2.21. The van der Waals surface area contributed by atoms with Gasteiger partial charge >= 0.3 is 14.9 Å². The number of rotatable bonds is 2. The van der Waals surface area contributed by atoms with E-state index in [2.05, 4.69) is 4.52 Å². The molecule has 2 nitrogen and oxygen atoms in total. The maximum Gasteiger partial charge on any atom is 0.542 e. The van der Waals surface area contributed by atoms with Crippen LogP contribution in [0.15, 0.2) is 24.3 Å². The molecule has 1 aromatic carbocycles. The Morgan fingerprint density at radius 3 is 2.08 bits per heavy atom. The molecule has 0 N–H and O–H groups in total. The number of hydrogen-bond donors (Lipinski definition) is 0. The molecule has 0 aromatic heterocycles. The summed E-state index contributed by atoms with van der Waals surface area (Å²) in [6, 6.07) is 3.98. The molecular weight excluding hydrogens is 204 g/mol. The van der Waals surface area contributed by atoms with Gasteiger partial charge in [-0.15, -0.1) is 0 Å². The van der Waals surface area contributed by atoms with E-state index >= 15 is 0 Å². The third-order valence-corrected chi connectivity index (χ3v) is 1.66. The maximum absolute atomic E-state index is 12.0. The first-order valence-electron chi connectivity index (χ1n) is 3.25. The fraction of sp³-hybridized carbons (Fsp3) is 0.143. The van der Waals surface area contributed by atoms with Gasteiger partial charge in [0.15, 0.2) is 5.75 Å². The highest BCUT2D eigenvalue weighted by Crippen LogP contribution is 2.30. The molecule has 1 rings (SSSR count). The summed E-state index contributed by atoms with van der Waals surface area (Å²) in [5.41, 5.74) is -0.755. The van der Waals surface area contributed by atoms with Crippen LogP contribution >= 0.6 is 8.69 Å². The average molecular weight is 209 g/mol. The van der Waals surface area contributed by atoms with Crippen molar-refractivity contribution >= 4 is 8.69 Å². The third kappa shape index (κ3) is 2.70. The molecule has 1 aromatic rings. The molecule has 1 unspecified atom stereocenters. The zero-order valence-electron chi connectivity index (χ0n) is 6.26. The quantitative estimate of drug-likeness (QED) is 0.699. The molecule has 1 atom stereocenters. The minimum absolute atomic E-state index is 0.154. The number of benzene rings is 1. The molecule has 0 fully saturated rings. The highest BCUT2D eigenvalue weighted by Gasteiger charge is 2.30. The zero-order valence-corrected chi connectivity index (χ0v) is 7.26. The Morgan fingerprint density at radius 2 is 1.69 bits per heavy atom. The number of hydrogen-bond acceptors (Lipinski definition) is 2. The van der Waals surface area contributed by atoms with Crippen molar-refractivity contribution in [3.8, 4) is 5.75 Å². The van der Waals surface area contributed by atoms with Crippen LogP contribution in [0.3, 0.4) is 0 Å². The predicted molar refractivity (Wildman–Crippen MR) is 41.1 cm³/mol. The summed E-state index contributed by atoms with van der Waals surface area (Å²) in [6.45, 7) is 0. The van der Waals surface area contributed by atoms with Crippen LogP contribution in [0.25, 0.3) is 0 Å². The molecular formula is C7H5F3O2P+. The third-order valence-electron chi connectivity index (χ3n) is 1.34. The highest BCUT2D eigenvalue weighted by atomic mass is 31.1. The molecule has 70 valence electrons. The molecule has 0 saturated carbocycles. The van der Waals surface area contributed by atoms with Crippen molar-refractivity contribution in [1.82, 2.24) is 0 Å². The first kappa shape index (κ1) is 9.99. The summed E-state index contributed by atoms with van der Waals surface area (Å²) in [7, 11) is -1.01. The Kier molecular flexibility index (Phi) is 2.88. The molecule has 0 amide bonds. The molecule has 0 aliphatic heterocycles. The molecule has 0 aliphatic carbocycles. The van der Waals surface area contributed by atoms with E-state index in [4.69, 9.17) is 0 Å². The largest absolute Gasteiger partial charge is 0.542 e. The lowest BCUT2D eigenvalue weighted by atomic mass is 10.2. The van der Waals surface area contributed by atoms with Crippen molar-refractivity contribution in [3.05, 3.63) is 29.8 Å². The Balaban J connectivity index is 2.87. The van der Waals surface area contributed by atoms with Crippen LogP contribution in [0.1, 0.15) is 5.56 Å². The van der Waals surface area contributed by atoms with Crippen molar-refractivity contribution in [3.63, 3.8) is 0 Å². The van der Waals surface area contributed by atoms with Gasteiger partial charge in [0.2, 0.25) is 0 Å². The lowest BCUT2D eigenvalue weighted by Gasteiger charge is -2.04. The fourth-order valence-corrected chi connectivity index (χ4v) is 0.992. The van der Waals surface area contributed by atoms with Crippen molar-refractivity contribution in [2.45, 2.75) is 6.18 Å². The first-order chi connectivity index (χ1) is 6.04. The minimum Gasteiger partial charge on any atom is -0.256 e. The molecule has 6 heteroatoms. The zero-order chi connectivity index (χ0) is 9.90. The fourth-order valence-electron chi connectivity index (χ4n) is 0.760. The van der Waals surface area contributed by atoms with Crippen LogP contribution in [-0.4, -0.2) is 0 Å². The normalized spacial score (nSPS) is 11.6. The SMILES string of the molecule is O=[PH+]Oc1ccc(C(F)(F)F)cc1. The number of alkyl halides is 3. The molecule has 0 heterocycles. The topological polar surface area (TPSA) is 26.3 Å². The van der Waals surface area contributed by atoms with Gasteiger partial charge in [-0.05, 0) is 28.8 Å². The van der Waals surface area contributed by atoms with E-state index in [1.165, 1.54) is 0 Å². The van der Waals surface area contributed by atoms with Crippen molar-refractivity contribution < 1.29 is 22.3 Å². The monoisotopic (exact) mass is 209 g/mol. The predicted octanol–water partition coefficient (Wildman–Crippen LogP) is 3.02. The highest BCUT2D eigenvalue weighted by molar-refractivity contribution is 7.17. The first-order valence-corrected chi connectivity index (χ1v) is 4.07. The van der Waals surface area contributed by atoms with Gasteiger partial charge in [-0.3, -0.25) is 4.52 Å². The summed E-state index contributed by atoms with van der Waals surface area (Å²) in [6.07, 6.45) is -4.35. The van der Waals surface area contributed by atoms with Crippen LogP contribution < -0.4 is 4.52 Å². The standard InChI is InChI=1S/C7H5F3O2P/c8-7(9,10)5-1-3-6(4-2-5)12-13-11/h1-4,13H/q+1. The van der Waals surface area contributed by atoms with Gasteiger partial charge < -0.3 is 0 Å². The van der Waals surface area contributed by atoms with Crippen LogP contribution in [0.5, 0.6) is 5.75 Å². The van der Waals surface area contributed by atoms with Gasteiger partial charge in [0.05, 0.1) is 5.56 Å². The summed E-state index contributed by atoms with van der Waals surface area (Å²) in [5.74, 6) is 0.154. The minimum atomic E-state index is -4.35. The summed E-state index contributed by atoms with van der Waals surface area (Å²) in [4.78, 5) is 0. The summed E-state index contributed by atoms with van der Waals surface area (Å²) >= 11 is 0. The van der Waals surface area contributed by atoms with Gasteiger partial charge in [0, 0.05) is 0 Å². The molecule has 0 saturated heterocycles. The van der Waals surface area contributed by atoms with E-state index in [-0.39, 0.29) is 5.75 Å². The van der Waals surface area contributed by atoms with Crippen molar-refractivity contribution in [1.29, 1.82) is 0 Å². The van der Waals surface area contributed by atoms with E-state index in [1.54, 1.807) is 0 Å². The van der Waals surface area contributed by atoms with Crippen LogP contribution in [0.2, 0.25) is 0 Å². The molecule has 0 bridgehead atoms. The molecule has 0 radical (unpaired) electrons. The molecule has 0 spiro atoms. The second-order valence-corrected chi connectivity index (χ2v) is 2.58. The van der Waals surface area contributed by atoms with E-state index in [0.29, 0.717) is 0 Å². The average Bonchev–Trinajstić information content (AvgIpc) is 2.04. The summed E-state index contributed by atoms with van der Waals surface area (Å²) < 4.78 is 50.5. The Labute approximate surface area is 73.6 Å². The van der Waals surface area contributed by atoms with Gasteiger partial charge in [0.1, 0.15) is 0 Å². The van der Waals surface area contributed by atoms with Crippen molar-refractivity contribution in [2.24, 2.45) is 0 Å². The number of halogens is 3. The Morgan fingerprint density at radius 1 is 1.15 bits per heavy atom. The molecule has 13 heavy (non-hydrogen) atoms. The molecule has 0 aliphatic rings. The van der Waals surface area contributed by atoms with Gasteiger partial charge in [0.25, 0.3) is 0 Å². The van der Waals surface area contributed by atoms with Crippen LogP contribution in [-0.2, 0) is 10.7 Å². The lowest BCUT2D eigenvalue weighted by molar-refractivity contribution is -0.137. The summed E-state index contributed by atoms with van der Waals surface area (Å²) in [5, 5.41) is 0. The van der Waals surface area contributed by atoms with Crippen molar-refractivity contribution in [2.75, 3.05) is 0 Å². The van der Waals surface area contributed by atoms with E-state index < -0.39 is 20.4 Å².